The van der Waals surface area contributed by atoms with Crippen LogP contribution >= 0.6 is 0 Å². The Morgan fingerprint density at radius 3 is 2.00 bits per heavy atom. The van der Waals surface area contributed by atoms with Gasteiger partial charge in [-0.3, -0.25) is 0 Å². The summed E-state index contributed by atoms with van der Waals surface area (Å²) in [6, 6.07) is 0. The van der Waals surface area contributed by atoms with Crippen molar-refractivity contribution in [3.05, 3.63) is 0 Å². The Kier molecular flexibility index (Phi) is 13.6. The van der Waals surface area contributed by atoms with Gasteiger partial charge in [0.15, 0.2) is 6.29 Å². The molecule has 4 nitrogen and oxygen atoms in total. The van der Waals surface area contributed by atoms with Gasteiger partial charge in [-0.05, 0) is 25.7 Å². The van der Waals surface area contributed by atoms with E-state index in [0.717, 1.165) is 0 Å². The standard InChI is InChI=1S/C22H44O4/c1-4-6-8-10-11-13-15-19(14-12-9-7-5-2)17-25-21-16-20(23)22(24)18(3)26-21/h18-24H,4-17H2,1-3H3. The van der Waals surface area contributed by atoms with Gasteiger partial charge in [-0.1, -0.05) is 78.1 Å². The smallest absolute Gasteiger partial charge is 0.160 e. The molecule has 1 heterocycles. The molecular weight excluding hydrogens is 328 g/mol. The molecule has 156 valence electrons. The van der Waals surface area contributed by atoms with Crippen molar-refractivity contribution in [3.8, 4) is 0 Å². The molecule has 0 saturated carbocycles. The minimum Gasteiger partial charge on any atom is -0.390 e. The van der Waals surface area contributed by atoms with Crippen LogP contribution in [0.2, 0.25) is 0 Å². The summed E-state index contributed by atoms with van der Waals surface area (Å²) in [5.74, 6) is 0.584. The molecule has 0 spiro atoms. The Morgan fingerprint density at radius 2 is 1.42 bits per heavy atom. The van der Waals surface area contributed by atoms with Gasteiger partial charge >= 0.3 is 0 Å². The Labute approximate surface area is 161 Å². The number of rotatable bonds is 15. The number of hydrogen-bond donors (Lipinski definition) is 2. The molecule has 4 heteroatoms. The summed E-state index contributed by atoms with van der Waals surface area (Å²) < 4.78 is 11.7. The zero-order chi connectivity index (χ0) is 19.2. The summed E-state index contributed by atoms with van der Waals surface area (Å²) in [5.41, 5.74) is 0. The van der Waals surface area contributed by atoms with Gasteiger partial charge in [-0.2, -0.15) is 0 Å². The maximum atomic E-state index is 9.92. The molecule has 0 aromatic carbocycles. The molecule has 0 aromatic heterocycles. The molecule has 0 bridgehead atoms. The zero-order valence-corrected chi connectivity index (χ0v) is 17.5. The van der Waals surface area contributed by atoms with E-state index in [1.165, 1.54) is 77.0 Å². The van der Waals surface area contributed by atoms with Crippen molar-refractivity contribution < 1.29 is 19.7 Å². The molecule has 2 N–H and O–H groups in total. The lowest BCUT2D eigenvalue weighted by molar-refractivity contribution is -0.249. The molecule has 1 saturated heterocycles. The van der Waals surface area contributed by atoms with E-state index in [1.807, 2.05) is 0 Å². The highest BCUT2D eigenvalue weighted by Gasteiger charge is 2.34. The van der Waals surface area contributed by atoms with Crippen molar-refractivity contribution in [2.45, 2.75) is 129 Å². The number of aliphatic hydroxyl groups is 2. The monoisotopic (exact) mass is 372 g/mol. The van der Waals surface area contributed by atoms with E-state index < -0.39 is 12.2 Å². The maximum Gasteiger partial charge on any atom is 0.160 e. The molecule has 0 radical (unpaired) electrons. The highest BCUT2D eigenvalue weighted by atomic mass is 16.7. The minimum atomic E-state index is -0.803. The van der Waals surface area contributed by atoms with Crippen LogP contribution < -0.4 is 0 Å². The molecule has 1 fully saturated rings. The van der Waals surface area contributed by atoms with Gasteiger partial charge in [0.2, 0.25) is 0 Å². The lowest BCUT2D eigenvalue weighted by Gasteiger charge is -2.35. The maximum absolute atomic E-state index is 9.92. The van der Waals surface area contributed by atoms with Crippen LogP contribution in [0.5, 0.6) is 0 Å². The van der Waals surface area contributed by atoms with Crippen LogP contribution in [0.25, 0.3) is 0 Å². The van der Waals surface area contributed by atoms with E-state index in [9.17, 15) is 10.2 Å². The van der Waals surface area contributed by atoms with Crippen LogP contribution in [0.4, 0.5) is 0 Å². The predicted molar refractivity (Wildman–Crippen MR) is 107 cm³/mol. The number of aliphatic hydroxyl groups excluding tert-OH is 2. The van der Waals surface area contributed by atoms with Crippen LogP contribution in [0.1, 0.15) is 104 Å². The molecule has 1 rings (SSSR count). The van der Waals surface area contributed by atoms with Gasteiger partial charge in [0, 0.05) is 6.42 Å². The normalized spacial score (nSPS) is 27.6. The molecular formula is C22H44O4. The van der Waals surface area contributed by atoms with E-state index >= 15 is 0 Å². The lowest BCUT2D eigenvalue weighted by atomic mass is 9.95. The van der Waals surface area contributed by atoms with Crippen LogP contribution in [0.3, 0.4) is 0 Å². The Morgan fingerprint density at radius 1 is 0.885 bits per heavy atom. The van der Waals surface area contributed by atoms with Gasteiger partial charge in [0.25, 0.3) is 0 Å². The third-order valence-electron chi connectivity index (χ3n) is 5.63. The van der Waals surface area contributed by atoms with Crippen molar-refractivity contribution in [2.75, 3.05) is 6.61 Å². The van der Waals surface area contributed by atoms with Crippen molar-refractivity contribution in [2.24, 2.45) is 5.92 Å². The Hall–Kier alpha value is -0.160. The lowest BCUT2D eigenvalue weighted by Crippen LogP contribution is -2.47. The summed E-state index contributed by atoms with van der Waals surface area (Å²) in [6.07, 6.45) is 13.7. The van der Waals surface area contributed by atoms with Crippen LogP contribution in [0.15, 0.2) is 0 Å². The van der Waals surface area contributed by atoms with Crippen molar-refractivity contribution in [1.29, 1.82) is 0 Å². The van der Waals surface area contributed by atoms with Crippen molar-refractivity contribution in [1.82, 2.24) is 0 Å². The first-order valence-corrected chi connectivity index (χ1v) is 11.2. The van der Waals surface area contributed by atoms with Crippen molar-refractivity contribution >= 4 is 0 Å². The summed E-state index contributed by atoms with van der Waals surface area (Å²) in [7, 11) is 0. The van der Waals surface area contributed by atoms with Crippen molar-refractivity contribution in [3.63, 3.8) is 0 Å². The zero-order valence-electron chi connectivity index (χ0n) is 17.5. The second-order valence-corrected chi connectivity index (χ2v) is 8.17. The summed E-state index contributed by atoms with van der Waals surface area (Å²) in [4.78, 5) is 0. The van der Waals surface area contributed by atoms with E-state index in [4.69, 9.17) is 9.47 Å². The van der Waals surface area contributed by atoms with Crippen LogP contribution in [-0.4, -0.2) is 41.4 Å². The van der Waals surface area contributed by atoms with E-state index in [1.54, 1.807) is 6.92 Å². The summed E-state index contributed by atoms with van der Waals surface area (Å²) in [5, 5.41) is 19.7. The second-order valence-electron chi connectivity index (χ2n) is 8.17. The highest BCUT2D eigenvalue weighted by Crippen LogP contribution is 2.24. The average molecular weight is 373 g/mol. The van der Waals surface area contributed by atoms with Gasteiger partial charge in [0.05, 0.1) is 18.8 Å². The topological polar surface area (TPSA) is 58.9 Å². The Balaban J connectivity index is 2.30. The fourth-order valence-corrected chi connectivity index (χ4v) is 3.76. The molecule has 5 unspecified atom stereocenters. The molecule has 0 amide bonds. The average Bonchev–Trinajstić information content (AvgIpc) is 2.63. The summed E-state index contributed by atoms with van der Waals surface area (Å²) >= 11 is 0. The molecule has 26 heavy (non-hydrogen) atoms. The third kappa shape index (κ3) is 10.2. The largest absolute Gasteiger partial charge is 0.390 e. The fraction of sp³-hybridized carbons (Fsp3) is 1.00. The SMILES string of the molecule is CCCCCCCCC(CCCCCC)COC1CC(O)C(O)C(C)O1. The molecule has 5 atom stereocenters. The predicted octanol–water partition coefficient (Wildman–Crippen LogP) is 5.20. The van der Waals surface area contributed by atoms with Crippen LogP contribution in [0, 0.1) is 5.92 Å². The molecule has 1 aliphatic rings. The van der Waals surface area contributed by atoms with Gasteiger partial charge in [-0.25, -0.2) is 0 Å². The van der Waals surface area contributed by atoms with Gasteiger partial charge < -0.3 is 19.7 Å². The first kappa shape index (κ1) is 23.9. The third-order valence-corrected chi connectivity index (χ3v) is 5.63. The van der Waals surface area contributed by atoms with E-state index in [2.05, 4.69) is 13.8 Å². The van der Waals surface area contributed by atoms with Gasteiger partial charge in [-0.15, -0.1) is 0 Å². The number of ether oxygens (including phenoxy) is 2. The van der Waals surface area contributed by atoms with E-state index in [0.29, 0.717) is 18.9 Å². The number of unbranched alkanes of at least 4 members (excludes halogenated alkanes) is 8. The second kappa shape index (κ2) is 14.8. The number of hydrogen-bond acceptors (Lipinski definition) is 4. The summed E-state index contributed by atoms with van der Waals surface area (Å²) in [6.45, 7) is 7.01. The highest BCUT2D eigenvalue weighted by molar-refractivity contribution is 4.80. The molecule has 1 aliphatic heterocycles. The van der Waals surface area contributed by atoms with Crippen LogP contribution in [-0.2, 0) is 9.47 Å². The fourth-order valence-electron chi connectivity index (χ4n) is 3.76. The molecule has 0 aromatic rings. The minimum absolute atomic E-state index is 0.366. The van der Waals surface area contributed by atoms with E-state index in [-0.39, 0.29) is 12.4 Å². The van der Waals surface area contributed by atoms with Gasteiger partial charge in [0.1, 0.15) is 6.10 Å². The Bertz CT molecular complexity index is 311. The quantitative estimate of drug-likeness (QED) is 0.388. The molecule has 0 aliphatic carbocycles. The first-order chi connectivity index (χ1) is 12.6. The first-order valence-electron chi connectivity index (χ1n) is 11.2.